The van der Waals surface area contributed by atoms with Crippen molar-refractivity contribution < 1.29 is 14.6 Å². The highest BCUT2D eigenvalue weighted by molar-refractivity contribution is 5.73. The predicted octanol–water partition coefficient (Wildman–Crippen LogP) is 3.38. The van der Waals surface area contributed by atoms with Gasteiger partial charge in [-0.15, -0.1) is 0 Å². The summed E-state index contributed by atoms with van der Waals surface area (Å²) in [5.41, 5.74) is 2.50. The van der Waals surface area contributed by atoms with Gasteiger partial charge in [0.05, 0.1) is 6.61 Å². The van der Waals surface area contributed by atoms with E-state index in [1.54, 1.807) is 0 Å². The van der Waals surface area contributed by atoms with Crippen LogP contribution in [0.1, 0.15) is 51.2 Å². The first-order chi connectivity index (χ1) is 10.3. The van der Waals surface area contributed by atoms with Crippen LogP contribution >= 0.6 is 0 Å². The van der Waals surface area contributed by atoms with Gasteiger partial charge in [-0.05, 0) is 48.3 Å². The summed E-state index contributed by atoms with van der Waals surface area (Å²) in [7, 11) is 0. The Morgan fingerprint density at radius 2 is 2.18 bits per heavy atom. The second-order valence-corrected chi connectivity index (χ2v) is 7.27. The molecule has 0 amide bonds. The van der Waals surface area contributed by atoms with E-state index in [1.807, 2.05) is 12.1 Å². The molecule has 1 aliphatic heterocycles. The van der Waals surface area contributed by atoms with Crippen LogP contribution < -0.4 is 10.1 Å². The molecular weight excluding hydrogens is 278 g/mol. The second-order valence-electron chi connectivity index (χ2n) is 7.27. The molecule has 0 saturated heterocycles. The number of fused-ring (bicyclic) bond motifs is 1. The molecule has 1 atom stereocenters. The van der Waals surface area contributed by atoms with Crippen LogP contribution in [0.4, 0.5) is 0 Å². The Kier molecular flexibility index (Phi) is 5.46. The van der Waals surface area contributed by atoms with Crippen LogP contribution in [0.25, 0.3) is 0 Å². The van der Waals surface area contributed by atoms with Crippen molar-refractivity contribution >= 4 is 5.97 Å². The van der Waals surface area contributed by atoms with Crippen molar-refractivity contribution in [2.24, 2.45) is 5.41 Å². The van der Waals surface area contributed by atoms with Gasteiger partial charge in [-0.25, -0.2) is 0 Å². The van der Waals surface area contributed by atoms with Crippen molar-refractivity contribution in [3.05, 3.63) is 29.3 Å². The van der Waals surface area contributed by atoms with Gasteiger partial charge >= 0.3 is 5.97 Å². The van der Waals surface area contributed by atoms with Crippen LogP contribution in [0, 0.1) is 5.41 Å². The van der Waals surface area contributed by atoms with Gasteiger partial charge in [-0.3, -0.25) is 4.79 Å². The Morgan fingerprint density at radius 3 is 2.86 bits per heavy atom. The summed E-state index contributed by atoms with van der Waals surface area (Å²) in [6, 6.07) is 5.65. The number of aryl methyl sites for hydroxylation is 1. The SMILES string of the molecule is CC(C)(C)CC[C@H](NCc1ccc2c(c1)CCCO2)C(=O)O. The number of hydrogen-bond donors (Lipinski definition) is 2. The Hall–Kier alpha value is -1.55. The number of carboxylic acid groups (broad SMARTS) is 1. The quantitative estimate of drug-likeness (QED) is 0.846. The normalized spacial score (nSPS) is 15.8. The molecule has 122 valence electrons. The Balaban J connectivity index is 1.93. The molecule has 0 unspecified atom stereocenters. The molecule has 1 aromatic rings. The largest absolute Gasteiger partial charge is 0.493 e. The number of hydrogen-bond acceptors (Lipinski definition) is 3. The summed E-state index contributed by atoms with van der Waals surface area (Å²) >= 11 is 0. The highest BCUT2D eigenvalue weighted by Gasteiger charge is 2.20. The molecule has 2 rings (SSSR count). The zero-order chi connectivity index (χ0) is 16.2. The van der Waals surface area contributed by atoms with Crippen molar-refractivity contribution in [1.82, 2.24) is 5.32 Å². The molecule has 0 spiro atoms. The molecule has 0 saturated carbocycles. The van der Waals surface area contributed by atoms with Gasteiger partial charge in [0.1, 0.15) is 11.8 Å². The molecule has 2 N–H and O–H groups in total. The first-order valence-electron chi connectivity index (χ1n) is 8.06. The molecule has 22 heavy (non-hydrogen) atoms. The van der Waals surface area contributed by atoms with Crippen molar-refractivity contribution in [3.63, 3.8) is 0 Å². The Labute approximate surface area is 132 Å². The molecule has 0 fully saturated rings. The van der Waals surface area contributed by atoms with Crippen molar-refractivity contribution in [2.75, 3.05) is 6.61 Å². The van der Waals surface area contributed by atoms with E-state index in [2.05, 4.69) is 32.2 Å². The fourth-order valence-corrected chi connectivity index (χ4v) is 2.65. The highest BCUT2D eigenvalue weighted by atomic mass is 16.5. The van der Waals surface area contributed by atoms with Gasteiger partial charge in [0.15, 0.2) is 0 Å². The molecule has 1 heterocycles. The Morgan fingerprint density at radius 1 is 1.41 bits per heavy atom. The monoisotopic (exact) mass is 305 g/mol. The van der Waals surface area contributed by atoms with Crippen molar-refractivity contribution in [3.8, 4) is 5.75 Å². The first kappa shape index (κ1) is 16.8. The number of benzene rings is 1. The number of carboxylic acids is 1. The zero-order valence-electron chi connectivity index (χ0n) is 13.8. The minimum atomic E-state index is -0.773. The first-order valence-corrected chi connectivity index (χ1v) is 8.06. The number of carbonyl (C=O) groups is 1. The highest BCUT2D eigenvalue weighted by Crippen LogP contribution is 2.26. The van der Waals surface area contributed by atoms with E-state index >= 15 is 0 Å². The number of rotatable bonds is 6. The smallest absolute Gasteiger partial charge is 0.320 e. The summed E-state index contributed by atoms with van der Waals surface area (Å²) in [6.45, 7) is 7.77. The van der Waals surface area contributed by atoms with Crippen LogP contribution in [-0.4, -0.2) is 23.7 Å². The lowest BCUT2D eigenvalue weighted by Crippen LogP contribution is -2.37. The summed E-state index contributed by atoms with van der Waals surface area (Å²) < 4.78 is 5.60. The lowest BCUT2D eigenvalue weighted by molar-refractivity contribution is -0.139. The molecule has 1 aromatic carbocycles. The lowest BCUT2D eigenvalue weighted by atomic mass is 9.88. The molecule has 0 bridgehead atoms. The number of aliphatic carboxylic acids is 1. The molecule has 4 nitrogen and oxygen atoms in total. The third-order valence-corrected chi connectivity index (χ3v) is 4.01. The van der Waals surface area contributed by atoms with Gasteiger partial charge < -0.3 is 15.2 Å². The maximum absolute atomic E-state index is 11.4. The number of nitrogens with one attached hydrogen (secondary N) is 1. The van der Waals surface area contributed by atoms with Gasteiger partial charge in [0, 0.05) is 6.54 Å². The lowest BCUT2D eigenvalue weighted by Gasteiger charge is -2.22. The molecule has 0 aromatic heterocycles. The molecule has 0 aliphatic carbocycles. The summed E-state index contributed by atoms with van der Waals surface area (Å²) in [5, 5.41) is 12.5. The minimum Gasteiger partial charge on any atom is -0.493 e. The third-order valence-electron chi connectivity index (χ3n) is 4.01. The van der Waals surface area contributed by atoms with E-state index in [1.165, 1.54) is 5.56 Å². The fourth-order valence-electron chi connectivity index (χ4n) is 2.65. The van der Waals surface area contributed by atoms with Gasteiger partial charge in [-0.1, -0.05) is 32.9 Å². The molecule has 1 aliphatic rings. The average molecular weight is 305 g/mol. The van der Waals surface area contributed by atoms with Gasteiger partial charge in [-0.2, -0.15) is 0 Å². The van der Waals surface area contributed by atoms with Crippen molar-refractivity contribution in [1.29, 1.82) is 0 Å². The van der Waals surface area contributed by atoms with Crippen LogP contribution in [0.5, 0.6) is 5.75 Å². The topological polar surface area (TPSA) is 58.6 Å². The maximum Gasteiger partial charge on any atom is 0.320 e. The fraction of sp³-hybridized carbons (Fsp3) is 0.611. The van der Waals surface area contributed by atoms with Gasteiger partial charge in [0.2, 0.25) is 0 Å². The average Bonchev–Trinajstić information content (AvgIpc) is 2.45. The summed E-state index contributed by atoms with van der Waals surface area (Å²) in [4.78, 5) is 11.4. The van der Waals surface area contributed by atoms with Crippen LogP contribution in [0.15, 0.2) is 18.2 Å². The van der Waals surface area contributed by atoms with E-state index in [4.69, 9.17) is 4.74 Å². The van der Waals surface area contributed by atoms with Crippen LogP contribution in [0.2, 0.25) is 0 Å². The third kappa shape index (κ3) is 5.02. The minimum absolute atomic E-state index is 0.151. The van der Waals surface area contributed by atoms with E-state index in [-0.39, 0.29) is 5.41 Å². The summed E-state index contributed by atoms with van der Waals surface area (Å²) in [5.74, 6) is 0.197. The Bertz CT molecular complexity index is 520. The van der Waals surface area contributed by atoms with E-state index < -0.39 is 12.0 Å². The zero-order valence-corrected chi connectivity index (χ0v) is 13.8. The predicted molar refractivity (Wildman–Crippen MR) is 87.2 cm³/mol. The molecular formula is C18H27NO3. The maximum atomic E-state index is 11.4. The van der Waals surface area contributed by atoms with Crippen LogP contribution in [-0.2, 0) is 17.8 Å². The second kappa shape index (κ2) is 7.14. The summed E-state index contributed by atoms with van der Waals surface area (Å²) in [6.07, 6.45) is 3.62. The molecule has 4 heteroatoms. The van der Waals surface area contributed by atoms with Crippen molar-refractivity contribution in [2.45, 2.75) is 59.0 Å². The van der Waals surface area contributed by atoms with E-state index in [0.29, 0.717) is 13.0 Å². The van der Waals surface area contributed by atoms with E-state index in [9.17, 15) is 9.90 Å². The van der Waals surface area contributed by atoms with E-state index in [0.717, 1.165) is 37.2 Å². The molecule has 0 radical (unpaired) electrons. The standard InChI is InChI=1S/C18H27NO3/c1-18(2,3)9-8-15(17(20)21)19-12-13-6-7-16-14(11-13)5-4-10-22-16/h6-7,11,15,19H,4-5,8-10,12H2,1-3H3,(H,20,21)/t15-/m0/s1. The number of ether oxygens (including phenoxy) is 1. The van der Waals surface area contributed by atoms with Gasteiger partial charge in [0.25, 0.3) is 0 Å². The van der Waals surface area contributed by atoms with Crippen LogP contribution in [0.3, 0.4) is 0 Å².